The Hall–Kier alpha value is -2.21. The molecule has 1 aliphatic carbocycles. The molecule has 5 nitrogen and oxygen atoms in total. The number of halogens is 2. The lowest BCUT2D eigenvalue weighted by molar-refractivity contribution is -0.129. The lowest BCUT2D eigenvalue weighted by atomic mass is 9.62. The number of aromatic nitrogens is 2. The number of amides is 1. The molecule has 2 aliphatic rings. The first-order chi connectivity index (χ1) is 12.6. The number of nitrogens with zero attached hydrogens (tertiary/aromatic N) is 3. The van der Waals surface area contributed by atoms with Gasteiger partial charge in [0.1, 0.15) is 5.82 Å². The minimum absolute atomic E-state index is 0.0176. The van der Waals surface area contributed by atoms with Crippen molar-refractivity contribution in [3.63, 3.8) is 0 Å². The topological polar surface area (TPSA) is 58.1 Å². The summed E-state index contributed by atoms with van der Waals surface area (Å²) in [6, 6.07) is 6.30. The van der Waals surface area contributed by atoms with E-state index in [1.165, 1.54) is 6.07 Å². The maximum absolute atomic E-state index is 13.3. The molecule has 1 aromatic carbocycles. The Morgan fingerprint density at radius 2 is 2.12 bits per heavy atom. The predicted octanol–water partition coefficient (Wildman–Crippen LogP) is 3.19. The first-order valence-electron chi connectivity index (χ1n) is 8.81. The van der Waals surface area contributed by atoms with Gasteiger partial charge in [-0.1, -0.05) is 24.1 Å². The zero-order valence-electron chi connectivity index (χ0n) is 14.3. The van der Waals surface area contributed by atoms with Gasteiger partial charge in [0.15, 0.2) is 0 Å². The lowest BCUT2D eigenvalue weighted by Gasteiger charge is -2.41. The van der Waals surface area contributed by atoms with Gasteiger partial charge < -0.3 is 10.2 Å². The third-order valence-corrected chi connectivity index (χ3v) is 5.89. The second-order valence-electron chi connectivity index (χ2n) is 7.16. The molecule has 1 aliphatic heterocycles. The summed E-state index contributed by atoms with van der Waals surface area (Å²) in [5.41, 5.74) is 0.803. The van der Waals surface area contributed by atoms with Gasteiger partial charge in [-0.2, -0.15) is 0 Å². The van der Waals surface area contributed by atoms with Gasteiger partial charge in [0.05, 0.1) is 10.9 Å². The van der Waals surface area contributed by atoms with Gasteiger partial charge in [0.2, 0.25) is 11.9 Å². The molecule has 2 aromatic rings. The van der Waals surface area contributed by atoms with Crippen LogP contribution in [0.15, 0.2) is 36.7 Å². The van der Waals surface area contributed by atoms with Crippen molar-refractivity contribution in [1.29, 1.82) is 0 Å². The highest BCUT2D eigenvalue weighted by Gasteiger charge is 2.53. The van der Waals surface area contributed by atoms with Crippen LogP contribution < -0.4 is 10.2 Å². The summed E-state index contributed by atoms with van der Waals surface area (Å²) in [6.07, 6.45) is 6.71. The van der Waals surface area contributed by atoms with Crippen LogP contribution in [0.4, 0.5) is 10.3 Å². The molecule has 1 amide bonds. The highest BCUT2D eigenvalue weighted by molar-refractivity contribution is 6.30. The van der Waals surface area contributed by atoms with Crippen molar-refractivity contribution in [2.45, 2.75) is 25.8 Å². The van der Waals surface area contributed by atoms with Crippen LogP contribution in [0.25, 0.3) is 0 Å². The van der Waals surface area contributed by atoms with Gasteiger partial charge in [-0.25, -0.2) is 14.4 Å². The van der Waals surface area contributed by atoms with Crippen LogP contribution >= 0.6 is 11.6 Å². The molecule has 2 fully saturated rings. The van der Waals surface area contributed by atoms with Gasteiger partial charge >= 0.3 is 0 Å². The molecule has 1 unspecified atom stereocenters. The highest BCUT2D eigenvalue weighted by Crippen LogP contribution is 2.52. The molecule has 0 bridgehead atoms. The maximum atomic E-state index is 13.3. The molecule has 4 rings (SSSR count). The minimum atomic E-state index is -0.454. The Bertz CT molecular complexity index is 812. The zero-order valence-corrected chi connectivity index (χ0v) is 15.0. The van der Waals surface area contributed by atoms with Crippen molar-refractivity contribution in [2.24, 2.45) is 11.3 Å². The molecule has 1 spiro atoms. The molecule has 1 saturated carbocycles. The molecule has 0 radical (unpaired) electrons. The molecule has 136 valence electrons. The summed E-state index contributed by atoms with van der Waals surface area (Å²) in [4.78, 5) is 23.6. The van der Waals surface area contributed by atoms with Crippen molar-refractivity contribution < 1.29 is 9.18 Å². The van der Waals surface area contributed by atoms with E-state index < -0.39 is 5.82 Å². The fourth-order valence-corrected chi connectivity index (χ4v) is 4.24. The summed E-state index contributed by atoms with van der Waals surface area (Å²) >= 11 is 5.81. The SMILES string of the molecule is O=C(NCc1ccc(F)c(Cl)c1)C1CN(c2ncccn2)CC12CCC2. The first-order valence-corrected chi connectivity index (χ1v) is 9.19. The minimum Gasteiger partial charge on any atom is -0.352 e. The average Bonchev–Trinajstić information content (AvgIpc) is 3.05. The van der Waals surface area contributed by atoms with E-state index in [1.807, 2.05) is 0 Å². The van der Waals surface area contributed by atoms with E-state index in [-0.39, 0.29) is 22.3 Å². The van der Waals surface area contributed by atoms with Crippen molar-refractivity contribution in [3.8, 4) is 0 Å². The predicted molar refractivity (Wildman–Crippen MR) is 97.3 cm³/mol. The Morgan fingerprint density at radius 3 is 2.77 bits per heavy atom. The molecule has 2 heterocycles. The normalized spacial score (nSPS) is 20.8. The van der Waals surface area contributed by atoms with E-state index in [0.717, 1.165) is 31.4 Å². The molecular weight excluding hydrogens is 355 g/mol. The Labute approximate surface area is 156 Å². The van der Waals surface area contributed by atoms with Gasteiger partial charge in [-0.3, -0.25) is 4.79 Å². The van der Waals surface area contributed by atoms with E-state index in [2.05, 4.69) is 20.2 Å². The summed E-state index contributed by atoms with van der Waals surface area (Å²) < 4.78 is 13.3. The molecular formula is C19H20ClFN4O. The highest BCUT2D eigenvalue weighted by atomic mass is 35.5. The first kappa shape index (κ1) is 17.2. The number of nitrogens with one attached hydrogen (secondary N) is 1. The van der Waals surface area contributed by atoms with E-state index in [9.17, 15) is 9.18 Å². The Morgan fingerprint density at radius 1 is 1.35 bits per heavy atom. The second kappa shape index (κ2) is 6.83. The Kier molecular flexibility index (Phi) is 4.53. The monoisotopic (exact) mass is 374 g/mol. The number of carbonyl (C=O) groups is 1. The van der Waals surface area contributed by atoms with Gasteiger partial charge in [-0.05, 0) is 36.6 Å². The third-order valence-electron chi connectivity index (χ3n) is 5.60. The van der Waals surface area contributed by atoms with Crippen molar-refractivity contribution >= 4 is 23.5 Å². The van der Waals surface area contributed by atoms with Crippen LogP contribution in [-0.2, 0) is 11.3 Å². The number of hydrogen-bond donors (Lipinski definition) is 1. The summed E-state index contributed by atoms with van der Waals surface area (Å²) in [7, 11) is 0. The quantitative estimate of drug-likeness (QED) is 0.892. The number of carbonyl (C=O) groups excluding carboxylic acids is 1. The molecule has 1 atom stereocenters. The van der Waals surface area contributed by atoms with E-state index in [4.69, 9.17) is 11.6 Å². The largest absolute Gasteiger partial charge is 0.352 e. The smallest absolute Gasteiger partial charge is 0.225 e. The van der Waals surface area contributed by atoms with Gasteiger partial charge in [0.25, 0.3) is 0 Å². The van der Waals surface area contributed by atoms with Crippen LogP contribution in [0.3, 0.4) is 0 Å². The number of hydrogen-bond acceptors (Lipinski definition) is 4. The summed E-state index contributed by atoms with van der Waals surface area (Å²) in [5, 5.41) is 3.07. The summed E-state index contributed by atoms with van der Waals surface area (Å²) in [6.45, 7) is 1.78. The van der Waals surface area contributed by atoms with E-state index >= 15 is 0 Å². The third kappa shape index (κ3) is 3.14. The summed E-state index contributed by atoms with van der Waals surface area (Å²) in [5.74, 6) is 0.170. The molecule has 7 heteroatoms. The number of anilines is 1. The van der Waals surface area contributed by atoms with Crippen molar-refractivity contribution in [2.75, 3.05) is 18.0 Å². The molecule has 1 saturated heterocycles. The fourth-order valence-electron chi connectivity index (χ4n) is 4.04. The second-order valence-corrected chi connectivity index (χ2v) is 7.57. The molecule has 1 aromatic heterocycles. The van der Waals surface area contributed by atoms with Crippen molar-refractivity contribution in [1.82, 2.24) is 15.3 Å². The number of benzene rings is 1. The van der Waals surface area contributed by atoms with Gasteiger partial charge in [-0.15, -0.1) is 0 Å². The van der Waals surface area contributed by atoms with Crippen LogP contribution in [0.1, 0.15) is 24.8 Å². The van der Waals surface area contributed by atoms with Crippen LogP contribution in [0, 0.1) is 17.2 Å². The average molecular weight is 375 g/mol. The Balaban J connectivity index is 1.45. The molecule has 1 N–H and O–H groups in total. The standard InChI is InChI=1S/C19H20ClFN4O/c20-15-9-13(3-4-16(15)21)10-24-17(26)14-11-25(12-19(14)5-1-6-19)18-22-7-2-8-23-18/h2-4,7-9,14H,1,5-6,10-12H2,(H,24,26). The zero-order chi connectivity index (χ0) is 18.1. The van der Waals surface area contributed by atoms with E-state index in [0.29, 0.717) is 19.0 Å². The molecule has 26 heavy (non-hydrogen) atoms. The fraction of sp³-hybridized carbons (Fsp3) is 0.421. The lowest BCUT2D eigenvalue weighted by Crippen LogP contribution is -2.45. The van der Waals surface area contributed by atoms with Gasteiger partial charge in [0, 0.05) is 37.4 Å². The number of rotatable bonds is 4. The van der Waals surface area contributed by atoms with E-state index in [1.54, 1.807) is 30.6 Å². The maximum Gasteiger partial charge on any atom is 0.225 e. The van der Waals surface area contributed by atoms with Crippen LogP contribution in [0.2, 0.25) is 5.02 Å². The van der Waals surface area contributed by atoms with Crippen LogP contribution in [0.5, 0.6) is 0 Å². The van der Waals surface area contributed by atoms with Crippen LogP contribution in [-0.4, -0.2) is 29.0 Å². The van der Waals surface area contributed by atoms with Crippen molar-refractivity contribution in [3.05, 3.63) is 53.1 Å².